The third-order valence-electron chi connectivity index (χ3n) is 2.50. The van der Waals surface area contributed by atoms with Crippen LogP contribution >= 0.6 is 12.4 Å². The molecule has 0 saturated carbocycles. The van der Waals surface area contributed by atoms with E-state index in [0.717, 1.165) is 25.3 Å². The van der Waals surface area contributed by atoms with Crippen LogP contribution in [0.1, 0.15) is 6.42 Å². The Labute approximate surface area is 94.3 Å². The van der Waals surface area contributed by atoms with Crippen LogP contribution in [-0.4, -0.2) is 28.9 Å². The van der Waals surface area contributed by atoms with Crippen LogP contribution in [0.2, 0.25) is 0 Å². The van der Waals surface area contributed by atoms with Gasteiger partial charge >= 0.3 is 0 Å². The maximum absolute atomic E-state index is 11.1. The monoisotopic (exact) mass is 230 g/mol. The summed E-state index contributed by atoms with van der Waals surface area (Å²) in [7, 11) is 1.65. The molecule has 5 nitrogen and oxygen atoms in total. The van der Waals surface area contributed by atoms with Gasteiger partial charge in [0.15, 0.2) is 0 Å². The van der Waals surface area contributed by atoms with E-state index in [-0.39, 0.29) is 24.0 Å². The van der Waals surface area contributed by atoms with E-state index < -0.39 is 0 Å². The van der Waals surface area contributed by atoms with Crippen molar-refractivity contribution in [2.45, 2.75) is 12.5 Å². The van der Waals surface area contributed by atoms with Crippen molar-refractivity contribution in [2.24, 2.45) is 12.8 Å². The maximum atomic E-state index is 11.1. The molecule has 1 saturated heterocycles. The number of aryl methyl sites for hydroxylation is 1. The lowest BCUT2D eigenvalue weighted by atomic mass is 10.3. The van der Waals surface area contributed by atoms with Crippen LogP contribution in [0, 0.1) is 0 Å². The quantitative estimate of drug-likeness (QED) is 0.722. The molecule has 1 aromatic rings. The normalized spacial score (nSPS) is 20.1. The molecule has 15 heavy (non-hydrogen) atoms. The Bertz CT molecular complexity index is 392. The van der Waals surface area contributed by atoms with Crippen LogP contribution in [0.5, 0.6) is 0 Å². The molecule has 1 atom stereocenters. The predicted molar refractivity (Wildman–Crippen MR) is 61.5 cm³/mol. The third kappa shape index (κ3) is 2.49. The van der Waals surface area contributed by atoms with Crippen LogP contribution in [-0.2, 0) is 7.05 Å². The highest BCUT2D eigenvalue weighted by atomic mass is 35.5. The zero-order valence-electron chi connectivity index (χ0n) is 8.59. The minimum atomic E-state index is -0.0859. The lowest BCUT2D eigenvalue weighted by Crippen LogP contribution is -2.29. The molecular formula is C9H15ClN4O. The van der Waals surface area contributed by atoms with Crippen LogP contribution < -0.4 is 16.2 Å². The molecule has 1 fully saturated rings. The van der Waals surface area contributed by atoms with E-state index in [1.165, 1.54) is 10.7 Å². The van der Waals surface area contributed by atoms with Crippen LogP contribution in [0.15, 0.2) is 16.9 Å². The van der Waals surface area contributed by atoms with Gasteiger partial charge in [0.1, 0.15) is 5.82 Å². The third-order valence-corrected chi connectivity index (χ3v) is 2.50. The van der Waals surface area contributed by atoms with Crippen LogP contribution in [0.25, 0.3) is 0 Å². The first-order chi connectivity index (χ1) is 6.66. The largest absolute Gasteiger partial charge is 0.354 e. The number of rotatable bonds is 1. The highest BCUT2D eigenvalue weighted by Crippen LogP contribution is 2.14. The number of nitrogens with zero attached hydrogens (tertiary/aromatic N) is 3. The van der Waals surface area contributed by atoms with Gasteiger partial charge in [-0.05, 0) is 12.5 Å². The summed E-state index contributed by atoms with van der Waals surface area (Å²) in [6.07, 6.45) is 0.991. The van der Waals surface area contributed by atoms with Crippen molar-refractivity contribution in [3.8, 4) is 0 Å². The van der Waals surface area contributed by atoms with E-state index in [0.29, 0.717) is 0 Å². The Morgan fingerprint density at radius 3 is 2.80 bits per heavy atom. The molecule has 0 aromatic carbocycles. The minimum Gasteiger partial charge on any atom is -0.354 e. The fraction of sp³-hybridized carbons (Fsp3) is 0.556. The molecule has 1 aliphatic heterocycles. The number of nitrogens with two attached hydrogens (primary N) is 1. The highest BCUT2D eigenvalue weighted by molar-refractivity contribution is 5.85. The Morgan fingerprint density at radius 1 is 1.53 bits per heavy atom. The topological polar surface area (TPSA) is 64.2 Å². The fourth-order valence-corrected chi connectivity index (χ4v) is 1.65. The summed E-state index contributed by atoms with van der Waals surface area (Å²) < 4.78 is 1.35. The molecule has 1 unspecified atom stereocenters. The minimum absolute atomic E-state index is 0. The molecule has 0 amide bonds. The van der Waals surface area contributed by atoms with Gasteiger partial charge in [-0.1, -0.05) is 0 Å². The molecule has 6 heteroatoms. The Kier molecular flexibility index (Phi) is 3.71. The summed E-state index contributed by atoms with van der Waals surface area (Å²) in [4.78, 5) is 13.2. The van der Waals surface area contributed by atoms with Gasteiger partial charge in [-0.25, -0.2) is 4.68 Å². The second kappa shape index (κ2) is 4.63. The number of hydrogen-bond donors (Lipinski definition) is 1. The molecule has 1 aromatic heterocycles. The smallest absolute Gasteiger partial charge is 0.266 e. The van der Waals surface area contributed by atoms with Crippen molar-refractivity contribution in [2.75, 3.05) is 18.0 Å². The second-order valence-corrected chi connectivity index (χ2v) is 3.65. The van der Waals surface area contributed by atoms with E-state index in [1.54, 1.807) is 13.1 Å². The van der Waals surface area contributed by atoms with Gasteiger partial charge in [-0.15, -0.1) is 12.4 Å². The number of hydrogen-bond acceptors (Lipinski definition) is 4. The van der Waals surface area contributed by atoms with E-state index in [4.69, 9.17) is 5.73 Å². The van der Waals surface area contributed by atoms with E-state index in [9.17, 15) is 4.79 Å². The molecule has 1 aliphatic rings. The Hall–Kier alpha value is -1.07. The van der Waals surface area contributed by atoms with Crippen LogP contribution in [0.4, 0.5) is 5.82 Å². The van der Waals surface area contributed by atoms with Crippen molar-refractivity contribution in [3.05, 3.63) is 22.5 Å². The van der Waals surface area contributed by atoms with Crippen LogP contribution in [0.3, 0.4) is 0 Å². The lowest BCUT2D eigenvalue weighted by molar-refractivity contribution is 0.692. The van der Waals surface area contributed by atoms with E-state index in [1.807, 2.05) is 0 Å². The summed E-state index contributed by atoms with van der Waals surface area (Å²) in [5.41, 5.74) is 5.71. The van der Waals surface area contributed by atoms with E-state index in [2.05, 4.69) is 10.00 Å². The van der Waals surface area contributed by atoms with Gasteiger partial charge in [0, 0.05) is 32.2 Å². The molecular weight excluding hydrogens is 216 g/mol. The zero-order chi connectivity index (χ0) is 10.1. The van der Waals surface area contributed by atoms with Gasteiger partial charge in [0.2, 0.25) is 0 Å². The zero-order valence-corrected chi connectivity index (χ0v) is 9.41. The van der Waals surface area contributed by atoms with Gasteiger partial charge in [-0.2, -0.15) is 5.10 Å². The van der Waals surface area contributed by atoms with Gasteiger partial charge in [0.25, 0.3) is 5.56 Å². The number of anilines is 1. The SMILES string of the molecule is Cl.Cn1nc(N2CCC(N)C2)ccc1=O. The first-order valence-corrected chi connectivity index (χ1v) is 4.72. The second-order valence-electron chi connectivity index (χ2n) is 3.65. The molecule has 2 rings (SSSR count). The molecule has 84 valence electrons. The average Bonchev–Trinajstić information content (AvgIpc) is 2.57. The van der Waals surface area contributed by atoms with Crippen molar-refractivity contribution >= 4 is 18.2 Å². The molecule has 0 spiro atoms. The Morgan fingerprint density at radius 2 is 2.27 bits per heavy atom. The fourth-order valence-electron chi connectivity index (χ4n) is 1.65. The number of aromatic nitrogens is 2. The lowest BCUT2D eigenvalue weighted by Gasteiger charge is -2.16. The average molecular weight is 231 g/mol. The first kappa shape index (κ1) is 12.0. The summed E-state index contributed by atoms with van der Waals surface area (Å²) in [6.45, 7) is 1.75. The van der Waals surface area contributed by atoms with Crippen molar-refractivity contribution in [1.82, 2.24) is 9.78 Å². The molecule has 0 aliphatic carbocycles. The highest BCUT2D eigenvalue weighted by Gasteiger charge is 2.20. The predicted octanol–water partition coefficient (Wildman–Crippen LogP) is -0.261. The summed E-state index contributed by atoms with van der Waals surface area (Å²) in [6, 6.07) is 3.51. The standard InChI is InChI=1S/C9H14N4O.ClH/c1-12-9(14)3-2-8(11-12)13-5-4-7(10)6-13;/h2-3,7H,4-6,10H2,1H3;1H. The molecule has 2 heterocycles. The van der Waals surface area contributed by atoms with Crippen molar-refractivity contribution in [3.63, 3.8) is 0 Å². The van der Waals surface area contributed by atoms with Crippen molar-refractivity contribution < 1.29 is 0 Å². The van der Waals surface area contributed by atoms with Gasteiger partial charge in [0.05, 0.1) is 0 Å². The van der Waals surface area contributed by atoms with Crippen molar-refractivity contribution in [1.29, 1.82) is 0 Å². The first-order valence-electron chi connectivity index (χ1n) is 4.72. The summed E-state index contributed by atoms with van der Waals surface area (Å²) in [5.74, 6) is 0.833. The van der Waals surface area contributed by atoms with Gasteiger partial charge in [-0.3, -0.25) is 4.79 Å². The summed E-state index contributed by atoms with van der Waals surface area (Å²) >= 11 is 0. The Balaban J connectivity index is 0.00000112. The molecule has 0 radical (unpaired) electrons. The number of halogens is 1. The van der Waals surface area contributed by atoms with Gasteiger partial charge < -0.3 is 10.6 Å². The van der Waals surface area contributed by atoms with E-state index >= 15 is 0 Å². The molecule has 0 bridgehead atoms. The molecule has 2 N–H and O–H groups in total. The summed E-state index contributed by atoms with van der Waals surface area (Å²) in [5, 5.41) is 4.16. The maximum Gasteiger partial charge on any atom is 0.266 e.